The van der Waals surface area contributed by atoms with Gasteiger partial charge in [0.25, 0.3) is 0 Å². The summed E-state index contributed by atoms with van der Waals surface area (Å²) in [5, 5.41) is 13.2. The number of carboxylic acid groups (broad SMARTS) is 1. The van der Waals surface area contributed by atoms with Crippen LogP contribution in [0.25, 0.3) is 0 Å². The summed E-state index contributed by atoms with van der Waals surface area (Å²) in [5.74, 6) is 0.975. The Morgan fingerprint density at radius 2 is 2.33 bits per heavy atom. The topological polar surface area (TPSA) is 55.1 Å². The smallest absolute Gasteiger partial charge is 0.356 e. The van der Waals surface area contributed by atoms with Crippen LogP contribution < -0.4 is 0 Å². The molecule has 1 aliphatic heterocycles. The number of aromatic nitrogens is 2. The van der Waals surface area contributed by atoms with Gasteiger partial charge in [0.15, 0.2) is 5.69 Å². The molecule has 2 heterocycles. The van der Waals surface area contributed by atoms with E-state index >= 15 is 0 Å². The Kier molecular flexibility index (Phi) is 2.73. The molecule has 0 amide bonds. The molecule has 0 aromatic carbocycles. The highest BCUT2D eigenvalue weighted by Gasteiger charge is 2.25. The average molecular weight is 226 g/mol. The third-order valence-electron chi connectivity index (χ3n) is 2.55. The van der Waals surface area contributed by atoms with Crippen LogP contribution in [0.1, 0.15) is 41.6 Å². The van der Waals surface area contributed by atoms with Gasteiger partial charge in [0.2, 0.25) is 0 Å². The highest BCUT2D eigenvalue weighted by atomic mass is 32.2. The number of carbonyl (C=O) groups is 1. The van der Waals surface area contributed by atoms with Crippen molar-refractivity contribution in [1.29, 1.82) is 0 Å². The van der Waals surface area contributed by atoms with Crippen molar-refractivity contribution in [3.63, 3.8) is 0 Å². The predicted molar refractivity (Wildman–Crippen MR) is 59.4 cm³/mol. The van der Waals surface area contributed by atoms with Gasteiger partial charge in [0, 0.05) is 17.4 Å². The summed E-state index contributed by atoms with van der Waals surface area (Å²) in [4.78, 5) is 11.0. The Labute approximate surface area is 92.7 Å². The second-order valence-corrected chi connectivity index (χ2v) is 5.03. The summed E-state index contributed by atoms with van der Waals surface area (Å²) in [6.07, 6.45) is 0.828. The van der Waals surface area contributed by atoms with Crippen LogP contribution >= 0.6 is 11.8 Å². The van der Waals surface area contributed by atoms with Crippen molar-refractivity contribution < 1.29 is 9.90 Å². The zero-order chi connectivity index (χ0) is 11.0. The van der Waals surface area contributed by atoms with E-state index in [2.05, 4.69) is 5.10 Å². The van der Waals surface area contributed by atoms with Crippen LogP contribution in [-0.2, 0) is 12.2 Å². The molecule has 82 valence electrons. The van der Waals surface area contributed by atoms with Crippen molar-refractivity contribution in [1.82, 2.24) is 9.78 Å². The van der Waals surface area contributed by atoms with Gasteiger partial charge in [-0.3, -0.25) is 4.68 Å². The van der Waals surface area contributed by atoms with Gasteiger partial charge < -0.3 is 5.11 Å². The second-order valence-electron chi connectivity index (χ2n) is 3.92. The number of rotatable bonds is 2. The van der Waals surface area contributed by atoms with Gasteiger partial charge >= 0.3 is 5.97 Å². The standard InChI is InChI=1S/C10H14N2O2S/c1-6(2)12-8-5-15-4-3-7(8)9(11-12)10(13)14/h6H,3-5H2,1-2H3,(H,13,14). The lowest BCUT2D eigenvalue weighted by Gasteiger charge is -2.15. The molecule has 1 aliphatic rings. The molecule has 0 saturated heterocycles. The minimum absolute atomic E-state index is 0.227. The van der Waals surface area contributed by atoms with Crippen molar-refractivity contribution in [3.05, 3.63) is 17.0 Å². The van der Waals surface area contributed by atoms with E-state index < -0.39 is 5.97 Å². The number of carboxylic acids is 1. The van der Waals surface area contributed by atoms with E-state index in [-0.39, 0.29) is 11.7 Å². The zero-order valence-electron chi connectivity index (χ0n) is 8.86. The fourth-order valence-electron chi connectivity index (χ4n) is 1.86. The highest BCUT2D eigenvalue weighted by Crippen LogP contribution is 2.29. The van der Waals surface area contributed by atoms with E-state index in [4.69, 9.17) is 5.11 Å². The van der Waals surface area contributed by atoms with Gasteiger partial charge in [0.1, 0.15) is 0 Å². The molecule has 4 nitrogen and oxygen atoms in total. The van der Waals surface area contributed by atoms with Gasteiger partial charge in [0.05, 0.1) is 5.69 Å². The van der Waals surface area contributed by atoms with Crippen LogP contribution in [0.2, 0.25) is 0 Å². The van der Waals surface area contributed by atoms with Crippen LogP contribution in [0.15, 0.2) is 0 Å². The molecule has 0 spiro atoms. The molecule has 0 radical (unpaired) electrons. The molecule has 15 heavy (non-hydrogen) atoms. The predicted octanol–water partition coefficient (Wildman–Crippen LogP) is 1.95. The Morgan fingerprint density at radius 1 is 1.60 bits per heavy atom. The minimum Gasteiger partial charge on any atom is -0.476 e. The maximum atomic E-state index is 11.0. The van der Waals surface area contributed by atoms with Crippen LogP contribution in [0.3, 0.4) is 0 Å². The lowest BCUT2D eigenvalue weighted by molar-refractivity contribution is 0.0688. The third kappa shape index (κ3) is 1.76. The summed E-state index contributed by atoms with van der Waals surface area (Å²) in [6.45, 7) is 4.05. The Balaban J connectivity index is 2.54. The highest BCUT2D eigenvalue weighted by molar-refractivity contribution is 7.98. The van der Waals surface area contributed by atoms with Crippen molar-refractivity contribution in [2.45, 2.75) is 32.1 Å². The summed E-state index contributed by atoms with van der Waals surface area (Å²) < 4.78 is 1.85. The van der Waals surface area contributed by atoms with Crippen LogP contribution in [-0.4, -0.2) is 26.6 Å². The van der Waals surface area contributed by atoms with Crippen LogP contribution in [0, 0.1) is 0 Å². The van der Waals surface area contributed by atoms with Crippen LogP contribution in [0.5, 0.6) is 0 Å². The van der Waals surface area contributed by atoms with E-state index in [0.29, 0.717) is 0 Å². The zero-order valence-corrected chi connectivity index (χ0v) is 9.67. The summed E-state index contributed by atoms with van der Waals surface area (Å²) in [7, 11) is 0. The first-order valence-corrected chi connectivity index (χ1v) is 6.18. The van der Waals surface area contributed by atoms with E-state index in [1.807, 2.05) is 30.3 Å². The molecule has 1 aromatic rings. The Bertz CT molecular complexity index is 398. The molecule has 0 fully saturated rings. The first kappa shape index (κ1) is 10.5. The number of hydrogen-bond acceptors (Lipinski definition) is 3. The third-order valence-corrected chi connectivity index (χ3v) is 3.52. The Hall–Kier alpha value is -0.970. The molecule has 1 aromatic heterocycles. The largest absolute Gasteiger partial charge is 0.476 e. The molecule has 0 bridgehead atoms. The van der Waals surface area contributed by atoms with Gasteiger partial charge in [-0.25, -0.2) is 4.79 Å². The molecule has 0 atom stereocenters. The number of hydrogen-bond donors (Lipinski definition) is 1. The maximum absolute atomic E-state index is 11.0. The number of aromatic carboxylic acids is 1. The van der Waals surface area contributed by atoms with Crippen molar-refractivity contribution in [2.24, 2.45) is 0 Å². The van der Waals surface area contributed by atoms with Gasteiger partial charge in [-0.15, -0.1) is 0 Å². The van der Waals surface area contributed by atoms with E-state index in [1.165, 1.54) is 0 Å². The number of nitrogens with zero attached hydrogens (tertiary/aromatic N) is 2. The fourth-order valence-corrected chi connectivity index (χ4v) is 2.85. The first-order valence-electron chi connectivity index (χ1n) is 5.02. The molecule has 2 rings (SSSR count). The molecule has 0 unspecified atom stereocenters. The SMILES string of the molecule is CC(C)n1nc(C(=O)O)c2c1CSCC2. The van der Waals surface area contributed by atoms with E-state index in [1.54, 1.807) is 0 Å². The summed E-state index contributed by atoms with van der Waals surface area (Å²) in [5.41, 5.74) is 2.28. The monoisotopic (exact) mass is 226 g/mol. The normalized spacial score (nSPS) is 15.4. The minimum atomic E-state index is -0.905. The van der Waals surface area contributed by atoms with Gasteiger partial charge in [-0.2, -0.15) is 16.9 Å². The Morgan fingerprint density at radius 3 is 2.93 bits per heavy atom. The second kappa shape index (κ2) is 3.89. The maximum Gasteiger partial charge on any atom is 0.356 e. The van der Waals surface area contributed by atoms with Crippen LogP contribution in [0.4, 0.5) is 0 Å². The van der Waals surface area contributed by atoms with Gasteiger partial charge in [-0.05, 0) is 26.0 Å². The fraction of sp³-hybridized carbons (Fsp3) is 0.600. The van der Waals surface area contributed by atoms with Crippen molar-refractivity contribution >= 4 is 17.7 Å². The number of thioether (sulfide) groups is 1. The lowest BCUT2D eigenvalue weighted by Crippen LogP contribution is -2.10. The summed E-state index contributed by atoms with van der Waals surface area (Å²) >= 11 is 1.84. The molecule has 0 saturated carbocycles. The molecule has 0 aliphatic carbocycles. The molecule has 5 heteroatoms. The molecule has 1 N–H and O–H groups in total. The van der Waals surface area contributed by atoms with E-state index in [0.717, 1.165) is 29.2 Å². The van der Waals surface area contributed by atoms with Crippen molar-refractivity contribution in [2.75, 3.05) is 5.75 Å². The average Bonchev–Trinajstić information content (AvgIpc) is 2.56. The molecular formula is C10H14N2O2S. The lowest BCUT2D eigenvalue weighted by atomic mass is 10.1. The molecular weight excluding hydrogens is 212 g/mol. The van der Waals surface area contributed by atoms with E-state index in [9.17, 15) is 4.79 Å². The van der Waals surface area contributed by atoms with Crippen molar-refractivity contribution in [3.8, 4) is 0 Å². The van der Waals surface area contributed by atoms with Gasteiger partial charge in [-0.1, -0.05) is 0 Å². The quantitative estimate of drug-likeness (QED) is 0.837. The number of fused-ring (bicyclic) bond motifs is 1. The first-order chi connectivity index (χ1) is 7.11. The summed E-state index contributed by atoms with van der Waals surface area (Å²) in [6, 6.07) is 0.227.